The summed E-state index contributed by atoms with van der Waals surface area (Å²) in [4.78, 5) is 17.8. The number of benzene rings is 3. The number of rotatable bonds is 7. The van der Waals surface area contributed by atoms with Crippen molar-refractivity contribution in [2.45, 2.75) is 20.0 Å². The first kappa shape index (κ1) is 27.1. The minimum atomic E-state index is -0.253. The van der Waals surface area contributed by atoms with Gasteiger partial charge in [-0.1, -0.05) is 52.1 Å². The molecule has 4 rings (SSSR count). The lowest BCUT2D eigenvalue weighted by Crippen LogP contribution is -2.22. The van der Waals surface area contributed by atoms with E-state index in [0.29, 0.717) is 59.2 Å². The van der Waals surface area contributed by atoms with Gasteiger partial charge in [-0.3, -0.25) is 4.79 Å². The molecule has 0 atom stereocenters. The minimum Gasteiger partial charge on any atom is -0.493 e. The molecule has 36 heavy (non-hydrogen) atoms. The monoisotopic (exact) mass is 715 g/mol. The van der Waals surface area contributed by atoms with Crippen LogP contribution in [-0.2, 0) is 13.0 Å². The molecule has 0 unspecified atom stereocenters. The zero-order valence-corrected chi connectivity index (χ0v) is 25.3. The van der Waals surface area contributed by atoms with Crippen molar-refractivity contribution < 1.29 is 9.47 Å². The summed E-state index contributed by atoms with van der Waals surface area (Å²) in [5.41, 5.74) is 1.81. The normalized spacial score (nSPS) is 11.4. The fourth-order valence-corrected chi connectivity index (χ4v) is 5.20. The molecule has 186 valence electrons. The Balaban J connectivity index is 1.71. The quantitative estimate of drug-likeness (QED) is 0.182. The minimum absolute atomic E-state index is 0.207. The van der Waals surface area contributed by atoms with Crippen LogP contribution >= 0.6 is 71.0 Å². The summed E-state index contributed by atoms with van der Waals surface area (Å²) in [6.07, 6.45) is 2.11. The number of hydrogen-bond acceptors (Lipinski definition) is 5. The molecule has 0 radical (unpaired) electrons. The molecule has 3 aromatic carbocycles. The molecular formula is C25H18Br3Cl2N3O3. The first-order valence-electron chi connectivity index (χ1n) is 10.6. The Labute approximate surface area is 242 Å². The van der Waals surface area contributed by atoms with E-state index in [1.807, 2.05) is 19.1 Å². The molecule has 0 aliphatic carbocycles. The van der Waals surface area contributed by atoms with Crippen LogP contribution in [0, 0.1) is 0 Å². The summed E-state index contributed by atoms with van der Waals surface area (Å²) in [7, 11) is 1.55. The Hall–Kier alpha value is -1.91. The summed E-state index contributed by atoms with van der Waals surface area (Å²) in [5.74, 6) is 1.50. The molecule has 0 saturated carbocycles. The van der Waals surface area contributed by atoms with Crippen molar-refractivity contribution in [2.75, 3.05) is 7.11 Å². The lowest BCUT2D eigenvalue weighted by molar-refractivity contribution is 0.282. The Kier molecular flexibility index (Phi) is 8.78. The van der Waals surface area contributed by atoms with E-state index in [4.69, 9.17) is 32.7 Å². The van der Waals surface area contributed by atoms with E-state index in [-0.39, 0.29) is 12.2 Å². The van der Waals surface area contributed by atoms with Gasteiger partial charge in [-0.2, -0.15) is 9.78 Å². The molecule has 1 aromatic heterocycles. The Morgan fingerprint density at radius 3 is 2.56 bits per heavy atom. The van der Waals surface area contributed by atoms with Gasteiger partial charge in [0.05, 0.1) is 28.7 Å². The van der Waals surface area contributed by atoms with E-state index in [9.17, 15) is 4.79 Å². The van der Waals surface area contributed by atoms with Crippen LogP contribution in [0.3, 0.4) is 0 Å². The maximum atomic E-state index is 13.2. The van der Waals surface area contributed by atoms with Gasteiger partial charge in [0.25, 0.3) is 5.56 Å². The number of hydrogen-bond donors (Lipinski definition) is 0. The highest BCUT2D eigenvalue weighted by atomic mass is 79.9. The third-order valence-corrected chi connectivity index (χ3v) is 8.49. The first-order chi connectivity index (χ1) is 17.2. The van der Waals surface area contributed by atoms with E-state index in [1.165, 1.54) is 4.68 Å². The summed E-state index contributed by atoms with van der Waals surface area (Å²) in [5, 5.41) is 6.00. The molecule has 0 amide bonds. The fraction of sp³-hybridized carbons (Fsp3) is 0.160. The number of aromatic nitrogens is 2. The van der Waals surface area contributed by atoms with Crippen LogP contribution in [0.1, 0.15) is 23.9 Å². The van der Waals surface area contributed by atoms with Crippen LogP contribution in [0.2, 0.25) is 10.0 Å². The zero-order valence-electron chi connectivity index (χ0n) is 19.0. The molecule has 0 fully saturated rings. The van der Waals surface area contributed by atoms with Crippen molar-refractivity contribution in [1.82, 2.24) is 9.66 Å². The average Bonchev–Trinajstić information content (AvgIpc) is 2.86. The second-order valence-electron chi connectivity index (χ2n) is 7.55. The standard InChI is InChI=1S/C25H18Br3Cl2N3O3/c1-3-21-32-19-7-5-15(26)9-17(19)25(34)33(21)31-11-14-8-20(35-2)24(23(28)22(14)27)36-12-13-4-6-16(29)10-18(13)30/h4-11H,3,12H2,1-2H3. The summed E-state index contributed by atoms with van der Waals surface area (Å²) in [6, 6.07) is 12.4. The molecule has 4 aromatic rings. The van der Waals surface area contributed by atoms with Gasteiger partial charge in [-0.05, 0) is 68.3 Å². The van der Waals surface area contributed by atoms with E-state index < -0.39 is 0 Å². The number of ether oxygens (including phenoxy) is 2. The molecule has 11 heteroatoms. The Morgan fingerprint density at radius 2 is 1.86 bits per heavy atom. The summed E-state index contributed by atoms with van der Waals surface area (Å²) < 4.78 is 15.0. The second-order valence-corrected chi connectivity index (χ2v) is 10.9. The largest absolute Gasteiger partial charge is 0.493 e. The Morgan fingerprint density at radius 1 is 1.08 bits per heavy atom. The van der Waals surface area contributed by atoms with E-state index in [2.05, 4.69) is 57.9 Å². The van der Waals surface area contributed by atoms with Crippen molar-refractivity contribution in [3.8, 4) is 11.5 Å². The molecule has 0 N–H and O–H groups in total. The van der Waals surface area contributed by atoms with Gasteiger partial charge in [-0.15, -0.1) is 0 Å². The van der Waals surface area contributed by atoms with Crippen LogP contribution in [0.4, 0.5) is 0 Å². The number of methoxy groups -OCH3 is 1. The average molecular weight is 719 g/mol. The SMILES string of the molecule is CCc1nc2ccc(Br)cc2c(=O)n1N=Cc1cc(OC)c(OCc2ccc(Cl)cc2Cl)c(Br)c1Br. The van der Waals surface area contributed by atoms with Crippen molar-refractivity contribution in [3.05, 3.63) is 93.2 Å². The highest BCUT2D eigenvalue weighted by Gasteiger charge is 2.18. The molecule has 0 aliphatic rings. The van der Waals surface area contributed by atoms with Crippen molar-refractivity contribution in [1.29, 1.82) is 0 Å². The molecule has 6 nitrogen and oxygen atoms in total. The smallest absolute Gasteiger partial charge is 0.282 e. The van der Waals surface area contributed by atoms with Gasteiger partial charge in [0.2, 0.25) is 0 Å². The molecule has 0 spiro atoms. The van der Waals surface area contributed by atoms with Crippen molar-refractivity contribution in [2.24, 2.45) is 5.10 Å². The maximum Gasteiger partial charge on any atom is 0.282 e. The number of fused-ring (bicyclic) bond motifs is 1. The third kappa shape index (κ3) is 5.65. The van der Waals surface area contributed by atoms with Crippen LogP contribution in [-0.4, -0.2) is 23.0 Å². The first-order valence-corrected chi connectivity index (χ1v) is 13.7. The summed E-state index contributed by atoms with van der Waals surface area (Å²) in [6.45, 7) is 2.13. The summed E-state index contributed by atoms with van der Waals surface area (Å²) >= 11 is 22.9. The highest BCUT2D eigenvalue weighted by molar-refractivity contribution is 9.13. The Bertz CT molecular complexity index is 1560. The van der Waals surface area contributed by atoms with Crippen LogP contribution in [0.25, 0.3) is 10.9 Å². The van der Waals surface area contributed by atoms with Gasteiger partial charge in [0, 0.05) is 36.5 Å². The third-order valence-electron chi connectivity index (χ3n) is 5.27. The van der Waals surface area contributed by atoms with Crippen LogP contribution in [0.15, 0.2) is 65.8 Å². The molecule has 0 aliphatic heterocycles. The number of halogens is 5. The highest BCUT2D eigenvalue weighted by Crippen LogP contribution is 2.43. The van der Waals surface area contributed by atoms with Gasteiger partial charge in [0.15, 0.2) is 11.5 Å². The van der Waals surface area contributed by atoms with Crippen molar-refractivity contribution >= 4 is 88.1 Å². The van der Waals surface area contributed by atoms with Gasteiger partial charge < -0.3 is 9.47 Å². The molecular weight excluding hydrogens is 701 g/mol. The van der Waals surface area contributed by atoms with Crippen LogP contribution in [0.5, 0.6) is 11.5 Å². The van der Waals surface area contributed by atoms with E-state index >= 15 is 0 Å². The second kappa shape index (κ2) is 11.6. The van der Waals surface area contributed by atoms with E-state index in [0.717, 1.165) is 10.0 Å². The maximum absolute atomic E-state index is 13.2. The lowest BCUT2D eigenvalue weighted by Gasteiger charge is -2.16. The molecule has 1 heterocycles. The van der Waals surface area contributed by atoms with Gasteiger partial charge in [0.1, 0.15) is 12.4 Å². The predicted octanol–water partition coefficient (Wildman–Crippen LogP) is 8.02. The molecule has 0 saturated heterocycles. The number of aryl methyl sites for hydroxylation is 1. The van der Waals surface area contributed by atoms with Crippen LogP contribution < -0.4 is 15.0 Å². The van der Waals surface area contributed by atoms with Gasteiger partial charge >= 0.3 is 0 Å². The predicted molar refractivity (Wildman–Crippen MR) is 155 cm³/mol. The topological polar surface area (TPSA) is 65.7 Å². The zero-order chi connectivity index (χ0) is 26.0. The fourth-order valence-electron chi connectivity index (χ4n) is 3.44. The molecule has 0 bridgehead atoms. The van der Waals surface area contributed by atoms with Gasteiger partial charge in [-0.25, -0.2) is 4.98 Å². The lowest BCUT2D eigenvalue weighted by atomic mass is 10.2. The van der Waals surface area contributed by atoms with E-state index in [1.54, 1.807) is 43.7 Å². The number of nitrogens with zero attached hydrogens (tertiary/aromatic N) is 3. The van der Waals surface area contributed by atoms with Crippen molar-refractivity contribution in [3.63, 3.8) is 0 Å².